The molecule has 2 rings (SSSR count). The summed E-state index contributed by atoms with van der Waals surface area (Å²) < 4.78 is 15.3. The topological polar surface area (TPSA) is 71.8 Å². The first-order valence-electron chi connectivity index (χ1n) is 6.21. The number of carbonyl (C=O) groups is 1. The highest BCUT2D eigenvalue weighted by Crippen LogP contribution is 2.28. The molecule has 1 aliphatic rings. The fourth-order valence-electron chi connectivity index (χ4n) is 2.19. The average molecular weight is 276 g/mol. The molecule has 0 N–H and O–H groups in total. The minimum atomic E-state index is -0.548. The van der Waals surface area contributed by atoms with Gasteiger partial charge in [0.25, 0.3) is 0 Å². The molecule has 1 unspecified atom stereocenters. The molecule has 1 saturated heterocycles. The van der Waals surface area contributed by atoms with Crippen LogP contribution in [0.15, 0.2) is 18.2 Å². The van der Waals surface area contributed by atoms with Gasteiger partial charge in [0.1, 0.15) is 11.8 Å². The van der Waals surface area contributed by atoms with Gasteiger partial charge in [-0.25, -0.2) is 4.79 Å². The van der Waals surface area contributed by atoms with Crippen LogP contribution in [0, 0.1) is 11.3 Å². The summed E-state index contributed by atoms with van der Waals surface area (Å²) in [5.41, 5.74) is 1.15. The SMILES string of the molecule is COC(=O)C1COCCN1c1cc(OC)ccc1C#N. The average Bonchev–Trinajstić information content (AvgIpc) is 2.53. The molecule has 0 aliphatic carbocycles. The molecule has 0 spiro atoms. The lowest BCUT2D eigenvalue weighted by atomic mass is 10.1. The van der Waals surface area contributed by atoms with Crippen LogP contribution in [0.4, 0.5) is 5.69 Å². The predicted molar refractivity (Wildman–Crippen MR) is 71.7 cm³/mol. The second kappa shape index (κ2) is 6.26. The molecule has 1 atom stereocenters. The van der Waals surface area contributed by atoms with E-state index in [4.69, 9.17) is 14.2 Å². The van der Waals surface area contributed by atoms with Crippen LogP contribution in [-0.2, 0) is 14.3 Å². The summed E-state index contributed by atoms with van der Waals surface area (Å²) in [5, 5.41) is 9.23. The van der Waals surface area contributed by atoms with Crippen molar-refractivity contribution in [2.45, 2.75) is 6.04 Å². The number of rotatable bonds is 3. The molecule has 0 radical (unpaired) electrons. The van der Waals surface area contributed by atoms with Crippen molar-refractivity contribution >= 4 is 11.7 Å². The zero-order valence-electron chi connectivity index (χ0n) is 11.5. The number of methoxy groups -OCH3 is 2. The monoisotopic (exact) mass is 276 g/mol. The highest BCUT2D eigenvalue weighted by atomic mass is 16.5. The van der Waals surface area contributed by atoms with Gasteiger partial charge in [0.15, 0.2) is 6.04 Å². The number of benzene rings is 1. The normalized spacial score (nSPS) is 18.2. The van der Waals surface area contributed by atoms with Crippen LogP contribution in [0.3, 0.4) is 0 Å². The van der Waals surface area contributed by atoms with Crippen LogP contribution in [0.25, 0.3) is 0 Å². The van der Waals surface area contributed by atoms with E-state index in [1.54, 1.807) is 25.3 Å². The van der Waals surface area contributed by atoms with Crippen molar-refractivity contribution in [2.75, 3.05) is 38.9 Å². The van der Waals surface area contributed by atoms with Crippen LogP contribution < -0.4 is 9.64 Å². The maximum Gasteiger partial charge on any atom is 0.330 e. The summed E-state index contributed by atoms with van der Waals surface area (Å²) in [6.07, 6.45) is 0. The van der Waals surface area contributed by atoms with E-state index in [1.165, 1.54) is 7.11 Å². The van der Waals surface area contributed by atoms with E-state index in [0.29, 0.717) is 30.2 Å². The molecule has 0 saturated carbocycles. The molecule has 1 aromatic rings. The van der Waals surface area contributed by atoms with Gasteiger partial charge in [-0.1, -0.05) is 0 Å². The summed E-state index contributed by atoms with van der Waals surface area (Å²) in [5.74, 6) is 0.255. The smallest absolute Gasteiger partial charge is 0.330 e. The molecule has 1 fully saturated rings. The Hall–Kier alpha value is -2.26. The molecular weight excluding hydrogens is 260 g/mol. The maximum atomic E-state index is 11.8. The van der Waals surface area contributed by atoms with Gasteiger partial charge < -0.3 is 19.1 Å². The molecule has 1 heterocycles. The minimum Gasteiger partial charge on any atom is -0.497 e. The van der Waals surface area contributed by atoms with Crippen LogP contribution in [0.2, 0.25) is 0 Å². The van der Waals surface area contributed by atoms with Gasteiger partial charge in [0.05, 0.1) is 38.7 Å². The van der Waals surface area contributed by atoms with E-state index in [1.807, 2.05) is 4.90 Å². The molecule has 1 aromatic carbocycles. The first-order chi connectivity index (χ1) is 9.71. The van der Waals surface area contributed by atoms with Gasteiger partial charge >= 0.3 is 5.97 Å². The number of morpholine rings is 1. The number of esters is 1. The summed E-state index contributed by atoms with van der Waals surface area (Å²) in [4.78, 5) is 13.7. The van der Waals surface area contributed by atoms with Gasteiger partial charge in [0.2, 0.25) is 0 Å². The Kier molecular flexibility index (Phi) is 4.43. The fourth-order valence-corrected chi connectivity index (χ4v) is 2.19. The van der Waals surface area contributed by atoms with Crippen molar-refractivity contribution < 1.29 is 19.0 Å². The second-order valence-corrected chi connectivity index (χ2v) is 4.30. The molecule has 20 heavy (non-hydrogen) atoms. The molecule has 6 heteroatoms. The highest BCUT2D eigenvalue weighted by molar-refractivity contribution is 5.81. The molecule has 1 aliphatic heterocycles. The Morgan fingerprint density at radius 1 is 1.50 bits per heavy atom. The number of ether oxygens (including phenoxy) is 3. The van der Waals surface area contributed by atoms with Gasteiger partial charge in [0, 0.05) is 12.6 Å². The van der Waals surface area contributed by atoms with Gasteiger partial charge in [-0.05, 0) is 12.1 Å². The van der Waals surface area contributed by atoms with E-state index >= 15 is 0 Å². The van der Waals surface area contributed by atoms with Crippen molar-refractivity contribution in [3.63, 3.8) is 0 Å². The summed E-state index contributed by atoms with van der Waals surface area (Å²) in [6, 6.07) is 6.73. The Bertz CT molecular complexity index is 538. The third-order valence-corrected chi connectivity index (χ3v) is 3.24. The van der Waals surface area contributed by atoms with E-state index < -0.39 is 6.04 Å². The minimum absolute atomic E-state index is 0.245. The number of nitrogens with zero attached hydrogens (tertiary/aromatic N) is 2. The second-order valence-electron chi connectivity index (χ2n) is 4.30. The van der Waals surface area contributed by atoms with Crippen LogP contribution in [0.5, 0.6) is 5.75 Å². The zero-order chi connectivity index (χ0) is 14.5. The number of carbonyl (C=O) groups excluding carboxylic acids is 1. The Morgan fingerprint density at radius 3 is 2.95 bits per heavy atom. The quantitative estimate of drug-likeness (QED) is 0.765. The summed E-state index contributed by atoms with van der Waals surface area (Å²) >= 11 is 0. The lowest BCUT2D eigenvalue weighted by molar-refractivity contribution is -0.144. The van der Waals surface area contributed by atoms with Crippen molar-refractivity contribution in [1.29, 1.82) is 5.26 Å². The Labute approximate surface area is 117 Å². The van der Waals surface area contributed by atoms with Gasteiger partial charge in [-0.2, -0.15) is 5.26 Å². The highest BCUT2D eigenvalue weighted by Gasteiger charge is 2.31. The zero-order valence-corrected chi connectivity index (χ0v) is 11.5. The molecule has 0 bridgehead atoms. The Balaban J connectivity index is 2.41. The van der Waals surface area contributed by atoms with E-state index in [0.717, 1.165) is 0 Å². The molecule has 6 nitrogen and oxygen atoms in total. The Morgan fingerprint density at radius 2 is 2.30 bits per heavy atom. The molecular formula is C14H16N2O4. The number of nitriles is 1. The molecule has 106 valence electrons. The number of anilines is 1. The number of hydrogen-bond donors (Lipinski definition) is 0. The predicted octanol–water partition coefficient (Wildman–Crippen LogP) is 0.945. The third-order valence-electron chi connectivity index (χ3n) is 3.24. The molecule has 0 amide bonds. The van der Waals surface area contributed by atoms with E-state index in [2.05, 4.69) is 6.07 Å². The van der Waals surface area contributed by atoms with Gasteiger partial charge in [-0.3, -0.25) is 0 Å². The fraction of sp³-hybridized carbons (Fsp3) is 0.429. The standard InChI is InChI=1S/C14H16N2O4/c1-18-11-4-3-10(8-15)12(7-11)16-5-6-20-9-13(16)14(17)19-2/h3-4,7,13H,5-6,9H2,1-2H3. The first-order valence-corrected chi connectivity index (χ1v) is 6.21. The lowest BCUT2D eigenvalue weighted by Crippen LogP contribution is -2.50. The van der Waals surface area contributed by atoms with Crippen LogP contribution >= 0.6 is 0 Å². The van der Waals surface area contributed by atoms with Crippen molar-refractivity contribution in [2.24, 2.45) is 0 Å². The maximum absolute atomic E-state index is 11.8. The van der Waals surface area contributed by atoms with Crippen molar-refractivity contribution in [3.8, 4) is 11.8 Å². The molecule has 0 aromatic heterocycles. The van der Waals surface area contributed by atoms with E-state index in [9.17, 15) is 10.1 Å². The van der Waals surface area contributed by atoms with Crippen molar-refractivity contribution in [1.82, 2.24) is 0 Å². The third kappa shape index (κ3) is 2.68. The largest absolute Gasteiger partial charge is 0.497 e. The summed E-state index contributed by atoms with van der Waals surface area (Å²) in [6.45, 7) is 1.26. The summed E-state index contributed by atoms with van der Waals surface area (Å²) in [7, 11) is 2.90. The number of hydrogen-bond acceptors (Lipinski definition) is 6. The van der Waals surface area contributed by atoms with Gasteiger partial charge in [-0.15, -0.1) is 0 Å². The van der Waals surface area contributed by atoms with Crippen molar-refractivity contribution in [3.05, 3.63) is 23.8 Å². The van der Waals surface area contributed by atoms with Crippen LogP contribution in [0.1, 0.15) is 5.56 Å². The lowest BCUT2D eigenvalue weighted by Gasteiger charge is -2.36. The van der Waals surface area contributed by atoms with Crippen LogP contribution in [-0.4, -0.2) is 46.0 Å². The van der Waals surface area contributed by atoms with E-state index in [-0.39, 0.29) is 12.6 Å². The first kappa shape index (κ1) is 14.2.